The molecule has 8 heteroatoms. The summed E-state index contributed by atoms with van der Waals surface area (Å²) in [4.78, 5) is 23.6. The zero-order valence-corrected chi connectivity index (χ0v) is 14.0. The van der Waals surface area contributed by atoms with Crippen molar-refractivity contribution in [3.05, 3.63) is 51.4 Å². The van der Waals surface area contributed by atoms with E-state index in [9.17, 15) is 9.59 Å². The molecule has 3 N–H and O–H groups in total. The summed E-state index contributed by atoms with van der Waals surface area (Å²) in [5, 5.41) is 3.62. The molecule has 0 saturated carbocycles. The molecule has 24 heavy (non-hydrogen) atoms. The van der Waals surface area contributed by atoms with Gasteiger partial charge in [0.1, 0.15) is 16.5 Å². The Kier molecular flexibility index (Phi) is 4.69. The number of benzene rings is 1. The molecule has 3 rings (SSSR count). The Labute approximate surface area is 147 Å². The molecule has 0 aliphatic carbocycles. The van der Waals surface area contributed by atoms with E-state index in [4.69, 9.17) is 38.1 Å². The molecular weight excluding hydrogens is 355 g/mol. The maximum atomic E-state index is 12.5. The van der Waals surface area contributed by atoms with Crippen LogP contribution in [0.1, 0.15) is 34.1 Å². The van der Waals surface area contributed by atoms with Crippen molar-refractivity contribution in [2.45, 2.75) is 18.9 Å². The standard InChI is InChI=1S/C16H14Cl2N2O4/c17-10-2-1-8-11(4-6-24-15(8)14(10)18)20-16(22)9-3-5-23-12(9)7-13(19)21/h1-3,5,11H,4,6-7H2,(H2,19,21)(H,20,22). The van der Waals surface area contributed by atoms with E-state index in [0.717, 1.165) is 5.56 Å². The van der Waals surface area contributed by atoms with Crippen molar-refractivity contribution in [1.29, 1.82) is 0 Å². The lowest BCUT2D eigenvalue weighted by molar-refractivity contribution is -0.117. The van der Waals surface area contributed by atoms with Gasteiger partial charge in [-0.1, -0.05) is 29.3 Å². The molecule has 1 atom stereocenters. The number of amides is 2. The summed E-state index contributed by atoms with van der Waals surface area (Å²) in [5.41, 5.74) is 6.19. The van der Waals surface area contributed by atoms with Crippen LogP contribution in [-0.2, 0) is 11.2 Å². The third-order valence-electron chi connectivity index (χ3n) is 3.74. The van der Waals surface area contributed by atoms with Crippen LogP contribution >= 0.6 is 23.2 Å². The molecule has 0 fully saturated rings. The number of primary amides is 1. The van der Waals surface area contributed by atoms with Gasteiger partial charge < -0.3 is 20.2 Å². The maximum Gasteiger partial charge on any atom is 0.255 e. The van der Waals surface area contributed by atoms with Crippen molar-refractivity contribution in [2.75, 3.05) is 6.61 Å². The topological polar surface area (TPSA) is 94.6 Å². The van der Waals surface area contributed by atoms with Gasteiger partial charge >= 0.3 is 0 Å². The second kappa shape index (κ2) is 6.75. The smallest absolute Gasteiger partial charge is 0.255 e. The fraction of sp³-hybridized carbons (Fsp3) is 0.250. The van der Waals surface area contributed by atoms with Crippen molar-refractivity contribution in [3.63, 3.8) is 0 Å². The van der Waals surface area contributed by atoms with Crippen molar-refractivity contribution in [2.24, 2.45) is 5.73 Å². The number of carbonyl (C=O) groups is 2. The average Bonchev–Trinajstić information content (AvgIpc) is 2.99. The summed E-state index contributed by atoms with van der Waals surface area (Å²) in [7, 11) is 0. The van der Waals surface area contributed by atoms with Crippen LogP contribution in [0.15, 0.2) is 28.9 Å². The zero-order chi connectivity index (χ0) is 17.3. The number of furan rings is 1. The third kappa shape index (κ3) is 3.20. The average molecular weight is 369 g/mol. The van der Waals surface area contributed by atoms with Gasteiger partial charge in [0, 0.05) is 12.0 Å². The van der Waals surface area contributed by atoms with Gasteiger partial charge in [0.2, 0.25) is 5.91 Å². The molecule has 0 radical (unpaired) electrons. The number of nitrogens with one attached hydrogen (secondary N) is 1. The maximum absolute atomic E-state index is 12.5. The van der Waals surface area contributed by atoms with Crippen LogP contribution in [0.25, 0.3) is 0 Å². The highest BCUT2D eigenvalue weighted by Crippen LogP contribution is 2.41. The predicted molar refractivity (Wildman–Crippen MR) is 88.4 cm³/mol. The fourth-order valence-corrected chi connectivity index (χ4v) is 3.00. The first kappa shape index (κ1) is 16.7. The van der Waals surface area contributed by atoms with Gasteiger partial charge in [-0.25, -0.2) is 0 Å². The van der Waals surface area contributed by atoms with E-state index in [-0.39, 0.29) is 29.7 Å². The van der Waals surface area contributed by atoms with Crippen LogP contribution in [0, 0.1) is 0 Å². The first-order valence-corrected chi connectivity index (χ1v) is 7.99. The molecule has 2 amide bonds. The highest BCUT2D eigenvalue weighted by molar-refractivity contribution is 6.43. The molecule has 126 valence electrons. The van der Waals surface area contributed by atoms with E-state index < -0.39 is 5.91 Å². The van der Waals surface area contributed by atoms with Crippen molar-refractivity contribution in [1.82, 2.24) is 5.32 Å². The molecular formula is C16H14Cl2N2O4. The van der Waals surface area contributed by atoms with Crippen LogP contribution in [0.3, 0.4) is 0 Å². The molecule has 1 aromatic heterocycles. The van der Waals surface area contributed by atoms with Crippen LogP contribution in [-0.4, -0.2) is 18.4 Å². The second-order valence-electron chi connectivity index (χ2n) is 5.34. The zero-order valence-electron chi connectivity index (χ0n) is 12.5. The van der Waals surface area contributed by atoms with Gasteiger partial charge in [0.05, 0.1) is 35.9 Å². The van der Waals surface area contributed by atoms with E-state index >= 15 is 0 Å². The van der Waals surface area contributed by atoms with E-state index in [1.54, 1.807) is 12.1 Å². The molecule has 1 aliphatic rings. The monoisotopic (exact) mass is 368 g/mol. The highest BCUT2D eigenvalue weighted by Gasteiger charge is 2.27. The number of ether oxygens (including phenoxy) is 1. The Bertz CT molecular complexity index is 803. The molecule has 1 aliphatic heterocycles. The summed E-state index contributed by atoms with van der Waals surface area (Å²) >= 11 is 12.2. The molecule has 0 spiro atoms. The van der Waals surface area contributed by atoms with Crippen LogP contribution in [0.4, 0.5) is 0 Å². The SMILES string of the molecule is NC(=O)Cc1occc1C(=O)NC1CCOc2c1ccc(Cl)c2Cl. The number of rotatable bonds is 4. The Morgan fingerprint density at radius 1 is 1.29 bits per heavy atom. The first-order chi connectivity index (χ1) is 11.5. The van der Waals surface area contributed by atoms with Gasteiger partial charge in [-0.15, -0.1) is 0 Å². The van der Waals surface area contributed by atoms with Gasteiger partial charge in [0.25, 0.3) is 5.91 Å². The number of carbonyl (C=O) groups excluding carboxylic acids is 2. The van der Waals surface area contributed by atoms with E-state index in [1.165, 1.54) is 12.3 Å². The summed E-state index contributed by atoms with van der Waals surface area (Å²) in [6.07, 6.45) is 1.79. The number of nitrogens with two attached hydrogens (primary N) is 1. The molecule has 2 aromatic rings. The Hall–Kier alpha value is -2.18. The summed E-state index contributed by atoms with van der Waals surface area (Å²) < 4.78 is 10.7. The largest absolute Gasteiger partial charge is 0.492 e. The van der Waals surface area contributed by atoms with E-state index in [0.29, 0.717) is 28.8 Å². The minimum absolute atomic E-state index is 0.137. The third-order valence-corrected chi connectivity index (χ3v) is 4.53. The Balaban J connectivity index is 1.83. The molecule has 0 bridgehead atoms. The minimum Gasteiger partial charge on any atom is -0.492 e. The number of halogens is 2. The van der Waals surface area contributed by atoms with Gasteiger partial charge in [-0.3, -0.25) is 9.59 Å². The molecule has 0 saturated heterocycles. The number of hydrogen-bond acceptors (Lipinski definition) is 4. The summed E-state index contributed by atoms with van der Waals surface area (Å²) in [6, 6.07) is 4.65. The molecule has 1 unspecified atom stereocenters. The van der Waals surface area contributed by atoms with Gasteiger partial charge in [0.15, 0.2) is 0 Å². The summed E-state index contributed by atoms with van der Waals surface area (Å²) in [6.45, 7) is 0.400. The van der Waals surface area contributed by atoms with Crippen LogP contribution in [0.5, 0.6) is 5.75 Å². The molecule has 1 aromatic carbocycles. The van der Waals surface area contributed by atoms with Crippen molar-refractivity contribution >= 4 is 35.0 Å². The highest BCUT2D eigenvalue weighted by atomic mass is 35.5. The normalized spacial score (nSPS) is 16.2. The predicted octanol–water partition coefficient (Wildman–Crippen LogP) is 2.87. The van der Waals surface area contributed by atoms with Gasteiger partial charge in [-0.05, 0) is 12.1 Å². The Morgan fingerprint density at radius 3 is 2.83 bits per heavy atom. The molecule has 2 heterocycles. The lowest BCUT2D eigenvalue weighted by atomic mass is 10.00. The molecule has 6 nitrogen and oxygen atoms in total. The second-order valence-corrected chi connectivity index (χ2v) is 6.13. The fourth-order valence-electron chi connectivity index (χ4n) is 2.63. The van der Waals surface area contributed by atoms with E-state index in [2.05, 4.69) is 5.32 Å². The van der Waals surface area contributed by atoms with Crippen LogP contribution < -0.4 is 15.8 Å². The lowest BCUT2D eigenvalue weighted by Gasteiger charge is -2.27. The lowest BCUT2D eigenvalue weighted by Crippen LogP contribution is -2.32. The quantitative estimate of drug-likeness (QED) is 0.867. The first-order valence-electron chi connectivity index (χ1n) is 7.23. The van der Waals surface area contributed by atoms with Crippen LogP contribution in [0.2, 0.25) is 10.0 Å². The summed E-state index contributed by atoms with van der Waals surface area (Å²) in [5.74, 6) is -0.215. The number of fused-ring (bicyclic) bond motifs is 1. The van der Waals surface area contributed by atoms with Gasteiger partial charge in [-0.2, -0.15) is 0 Å². The Morgan fingerprint density at radius 2 is 2.08 bits per heavy atom. The van der Waals surface area contributed by atoms with Crippen molar-refractivity contribution < 1.29 is 18.7 Å². The van der Waals surface area contributed by atoms with Crippen molar-refractivity contribution in [3.8, 4) is 5.75 Å². The minimum atomic E-state index is -0.572. The number of hydrogen-bond donors (Lipinski definition) is 2. The van der Waals surface area contributed by atoms with E-state index in [1.807, 2.05) is 0 Å².